The van der Waals surface area contributed by atoms with Crippen LogP contribution in [0.2, 0.25) is 0 Å². The van der Waals surface area contributed by atoms with Crippen LogP contribution in [-0.4, -0.2) is 13.0 Å². The van der Waals surface area contributed by atoms with Crippen molar-refractivity contribution in [3.05, 3.63) is 59.7 Å². The van der Waals surface area contributed by atoms with E-state index < -0.39 is 29.3 Å². The van der Waals surface area contributed by atoms with Crippen molar-refractivity contribution >= 4 is 17.3 Å². The van der Waals surface area contributed by atoms with Crippen LogP contribution in [0.4, 0.5) is 20.2 Å². The first-order valence-corrected chi connectivity index (χ1v) is 6.16. The van der Waals surface area contributed by atoms with Crippen LogP contribution in [0.15, 0.2) is 42.5 Å². The molecule has 2 aromatic carbocycles. The molecule has 1 amide bonds. The number of nitrogens with one attached hydrogen (secondary N) is 1. The highest BCUT2D eigenvalue weighted by molar-refractivity contribution is 5.97. The Morgan fingerprint density at radius 2 is 1.86 bits per heavy atom. The van der Waals surface area contributed by atoms with Gasteiger partial charge in [-0.2, -0.15) is 0 Å². The van der Waals surface area contributed by atoms with E-state index in [9.17, 15) is 13.6 Å². The maximum Gasteiger partial charge on any atom is 0.258 e. The van der Waals surface area contributed by atoms with Gasteiger partial charge in [-0.1, -0.05) is 30.3 Å². The van der Waals surface area contributed by atoms with Crippen LogP contribution < -0.4 is 11.1 Å². The average Bonchev–Trinajstić information content (AvgIpc) is 2.49. The number of halogens is 2. The van der Waals surface area contributed by atoms with Crippen LogP contribution in [-0.2, 0) is 9.53 Å². The highest BCUT2D eigenvalue weighted by Gasteiger charge is 2.23. The van der Waals surface area contributed by atoms with Gasteiger partial charge in [0, 0.05) is 7.11 Å². The van der Waals surface area contributed by atoms with Gasteiger partial charge >= 0.3 is 0 Å². The van der Waals surface area contributed by atoms with Crippen molar-refractivity contribution in [3.63, 3.8) is 0 Å². The van der Waals surface area contributed by atoms with Gasteiger partial charge in [-0.15, -0.1) is 0 Å². The molecular formula is C15H14F2N2O2. The first-order chi connectivity index (χ1) is 10.0. The fourth-order valence-corrected chi connectivity index (χ4v) is 1.90. The number of benzene rings is 2. The van der Waals surface area contributed by atoms with Gasteiger partial charge < -0.3 is 15.8 Å². The molecule has 0 aromatic heterocycles. The van der Waals surface area contributed by atoms with Crippen LogP contribution in [0.1, 0.15) is 11.7 Å². The summed E-state index contributed by atoms with van der Waals surface area (Å²) in [4.78, 5) is 12.2. The predicted octanol–water partition coefficient (Wildman–Crippen LogP) is 2.87. The van der Waals surface area contributed by atoms with Crippen molar-refractivity contribution in [1.82, 2.24) is 0 Å². The number of hydrogen-bond acceptors (Lipinski definition) is 3. The summed E-state index contributed by atoms with van der Waals surface area (Å²) >= 11 is 0. The molecule has 0 heterocycles. The van der Waals surface area contributed by atoms with Gasteiger partial charge in [0.2, 0.25) is 0 Å². The molecule has 21 heavy (non-hydrogen) atoms. The molecule has 0 spiro atoms. The number of hydrogen-bond donors (Lipinski definition) is 2. The van der Waals surface area contributed by atoms with E-state index in [2.05, 4.69) is 5.32 Å². The quantitative estimate of drug-likeness (QED) is 0.852. The Balaban J connectivity index is 2.27. The fourth-order valence-electron chi connectivity index (χ4n) is 1.90. The Morgan fingerprint density at radius 1 is 1.19 bits per heavy atom. The highest BCUT2D eigenvalue weighted by atomic mass is 19.2. The zero-order valence-corrected chi connectivity index (χ0v) is 11.3. The lowest BCUT2D eigenvalue weighted by molar-refractivity contribution is -0.126. The topological polar surface area (TPSA) is 64.3 Å². The molecule has 4 nitrogen and oxygen atoms in total. The fraction of sp³-hybridized carbons (Fsp3) is 0.133. The van der Waals surface area contributed by atoms with Gasteiger partial charge in [0.25, 0.3) is 5.91 Å². The first-order valence-electron chi connectivity index (χ1n) is 6.16. The Labute approximate surface area is 120 Å². The molecular weight excluding hydrogens is 278 g/mol. The molecule has 0 aliphatic rings. The van der Waals surface area contributed by atoms with Crippen molar-refractivity contribution in [2.45, 2.75) is 6.10 Å². The molecule has 110 valence electrons. The van der Waals surface area contributed by atoms with Crippen molar-refractivity contribution < 1.29 is 18.3 Å². The third-order valence-corrected chi connectivity index (χ3v) is 2.95. The number of ether oxygens (including phenoxy) is 1. The number of carbonyl (C=O) groups is 1. The number of amides is 1. The van der Waals surface area contributed by atoms with E-state index in [0.29, 0.717) is 5.56 Å². The maximum atomic E-state index is 13.7. The molecule has 0 bridgehead atoms. The molecule has 0 saturated heterocycles. The molecule has 0 radical (unpaired) electrons. The third-order valence-electron chi connectivity index (χ3n) is 2.95. The minimum Gasteiger partial charge on any atom is -0.397 e. The second-order valence-electron chi connectivity index (χ2n) is 4.34. The van der Waals surface area contributed by atoms with Crippen molar-refractivity contribution in [2.24, 2.45) is 0 Å². The summed E-state index contributed by atoms with van der Waals surface area (Å²) < 4.78 is 32.0. The van der Waals surface area contributed by atoms with E-state index in [-0.39, 0.29) is 5.69 Å². The summed E-state index contributed by atoms with van der Waals surface area (Å²) in [7, 11) is 1.35. The summed E-state index contributed by atoms with van der Waals surface area (Å²) in [6.07, 6.45) is -0.951. The van der Waals surface area contributed by atoms with E-state index in [1.165, 1.54) is 13.2 Å². The molecule has 1 unspecified atom stereocenters. The summed E-state index contributed by atoms with van der Waals surface area (Å²) in [5.41, 5.74) is 5.69. The second-order valence-corrected chi connectivity index (χ2v) is 4.34. The first kappa shape index (κ1) is 14.9. The molecule has 0 saturated carbocycles. The van der Waals surface area contributed by atoms with Gasteiger partial charge in [0.05, 0.1) is 5.69 Å². The van der Waals surface area contributed by atoms with Gasteiger partial charge in [0.15, 0.2) is 17.7 Å². The van der Waals surface area contributed by atoms with Crippen LogP contribution >= 0.6 is 0 Å². The van der Waals surface area contributed by atoms with E-state index in [1.54, 1.807) is 30.3 Å². The monoisotopic (exact) mass is 292 g/mol. The molecule has 0 aliphatic carbocycles. The minimum atomic E-state index is -1.20. The zero-order valence-electron chi connectivity index (χ0n) is 11.3. The summed E-state index contributed by atoms with van der Waals surface area (Å²) in [6, 6.07) is 10.7. The number of nitrogens with two attached hydrogens (primary N) is 1. The maximum absolute atomic E-state index is 13.7. The Hall–Kier alpha value is -2.47. The van der Waals surface area contributed by atoms with Crippen LogP contribution in [0.5, 0.6) is 0 Å². The lowest BCUT2D eigenvalue weighted by Gasteiger charge is -2.17. The molecule has 1 atom stereocenters. The van der Waals surface area contributed by atoms with Gasteiger partial charge in [-0.05, 0) is 17.7 Å². The van der Waals surface area contributed by atoms with E-state index in [4.69, 9.17) is 10.5 Å². The van der Waals surface area contributed by atoms with E-state index in [1.807, 2.05) is 0 Å². The molecule has 2 aromatic rings. The molecule has 0 aliphatic heterocycles. The van der Waals surface area contributed by atoms with Crippen LogP contribution in [0.3, 0.4) is 0 Å². The zero-order chi connectivity index (χ0) is 15.4. The number of methoxy groups -OCH3 is 1. The lowest BCUT2D eigenvalue weighted by Crippen LogP contribution is -2.24. The molecule has 6 heteroatoms. The largest absolute Gasteiger partial charge is 0.397 e. The lowest BCUT2D eigenvalue weighted by atomic mass is 10.1. The Bertz CT molecular complexity index is 648. The normalized spacial score (nSPS) is 12.0. The Morgan fingerprint density at radius 3 is 2.48 bits per heavy atom. The van der Waals surface area contributed by atoms with Gasteiger partial charge in [0.1, 0.15) is 5.69 Å². The smallest absolute Gasteiger partial charge is 0.258 e. The van der Waals surface area contributed by atoms with Gasteiger partial charge in [-0.25, -0.2) is 8.78 Å². The predicted molar refractivity (Wildman–Crippen MR) is 75.6 cm³/mol. The summed E-state index contributed by atoms with van der Waals surface area (Å²) in [5, 5.41) is 2.26. The van der Waals surface area contributed by atoms with Crippen molar-refractivity contribution in [3.8, 4) is 0 Å². The molecule has 3 N–H and O–H groups in total. The van der Waals surface area contributed by atoms with E-state index in [0.717, 1.165) is 6.07 Å². The SMILES string of the molecule is COC(C(=O)Nc1c(N)ccc(F)c1F)c1ccccc1. The highest BCUT2D eigenvalue weighted by Crippen LogP contribution is 2.26. The molecule has 2 rings (SSSR count). The minimum absolute atomic E-state index is 0.0647. The van der Waals surface area contributed by atoms with E-state index >= 15 is 0 Å². The van der Waals surface area contributed by atoms with Crippen LogP contribution in [0.25, 0.3) is 0 Å². The average molecular weight is 292 g/mol. The van der Waals surface area contributed by atoms with Crippen LogP contribution in [0, 0.1) is 11.6 Å². The summed E-state index contributed by atoms with van der Waals surface area (Å²) in [5.74, 6) is -2.93. The number of anilines is 2. The standard InChI is InChI=1S/C15H14F2N2O2/c1-21-14(9-5-3-2-4-6-9)15(20)19-13-11(18)8-7-10(16)12(13)17/h2-8,14H,18H2,1H3,(H,19,20). The Kier molecular flexibility index (Phi) is 4.49. The van der Waals surface area contributed by atoms with Crippen molar-refractivity contribution in [2.75, 3.05) is 18.2 Å². The summed E-state index contributed by atoms with van der Waals surface area (Å²) in [6.45, 7) is 0. The number of carbonyl (C=O) groups excluding carboxylic acids is 1. The number of rotatable bonds is 4. The second kappa shape index (κ2) is 6.32. The molecule has 0 fully saturated rings. The number of nitrogen functional groups attached to an aromatic ring is 1. The third kappa shape index (κ3) is 3.17. The van der Waals surface area contributed by atoms with Crippen molar-refractivity contribution in [1.29, 1.82) is 0 Å². The van der Waals surface area contributed by atoms with Gasteiger partial charge in [-0.3, -0.25) is 4.79 Å².